The lowest BCUT2D eigenvalue weighted by Gasteiger charge is -2.25. The molecular formula is C26H28N2O4. The first-order valence-corrected chi connectivity index (χ1v) is 11.1. The van der Waals surface area contributed by atoms with Gasteiger partial charge in [-0.2, -0.15) is 0 Å². The molecule has 1 fully saturated rings. The molecule has 32 heavy (non-hydrogen) atoms. The molecule has 166 valence electrons. The second-order valence-corrected chi connectivity index (χ2v) is 7.95. The van der Waals surface area contributed by atoms with Gasteiger partial charge in [-0.25, -0.2) is 0 Å². The van der Waals surface area contributed by atoms with Crippen LogP contribution in [0.25, 0.3) is 16.7 Å². The second kappa shape index (κ2) is 9.30. The summed E-state index contributed by atoms with van der Waals surface area (Å²) in [6.45, 7) is 4.92. The minimum Gasteiger partial charge on any atom is -0.507 e. The predicted molar refractivity (Wildman–Crippen MR) is 124 cm³/mol. The first kappa shape index (κ1) is 21.7. The van der Waals surface area contributed by atoms with Gasteiger partial charge in [-0.1, -0.05) is 50.1 Å². The Labute approximate surface area is 187 Å². The number of H-pyrrole nitrogens is 1. The van der Waals surface area contributed by atoms with Gasteiger partial charge in [-0.15, -0.1) is 0 Å². The first-order chi connectivity index (χ1) is 15.6. The molecule has 1 amide bonds. The Balaban J connectivity index is 1.87. The van der Waals surface area contributed by atoms with Crippen molar-refractivity contribution >= 4 is 28.4 Å². The zero-order valence-corrected chi connectivity index (χ0v) is 18.4. The van der Waals surface area contributed by atoms with Crippen molar-refractivity contribution < 1.29 is 19.4 Å². The number of aliphatic hydroxyl groups is 1. The van der Waals surface area contributed by atoms with E-state index in [2.05, 4.69) is 11.9 Å². The molecule has 0 saturated carbocycles. The molecule has 2 N–H and O–H groups in total. The van der Waals surface area contributed by atoms with Crippen LogP contribution in [0.5, 0.6) is 5.75 Å². The van der Waals surface area contributed by atoms with Gasteiger partial charge in [0.25, 0.3) is 11.7 Å². The number of carbonyl (C=O) groups excluding carboxylic acids is 2. The molecule has 1 saturated heterocycles. The van der Waals surface area contributed by atoms with E-state index in [9.17, 15) is 14.7 Å². The lowest BCUT2D eigenvalue weighted by molar-refractivity contribution is -0.139. The van der Waals surface area contributed by atoms with Crippen molar-refractivity contribution in [2.24, 2.45) is 0 Å². The number of ether oxygens (including phenoxy) is 1. The SMILES string of the molecule is CCCCCN1C(=O)C(=O)/C(=C(/O)c2cccc(OCC)c2)C1c1c[nH]c2ccccc12. The molecule has 6 nitrogen and oxygen atoms in total. The van der Waals surface area contributed by atoms with Gasteiger partial charge >= 0.3 is 0 Å². The number of nitrogens with one attached hydrogen (secondary N) is 1. The van der Waals surface area contributed by atoms with Crippen LogP contribution in [0.4, 0.5) is 0 Å². The summed E-state index contributed by atoms with van der Waals surface area (Å²) in [5.74, 6) is -0.814. The Morgan fingerprint density at radius 1 is 1.09 bits per heavy atom. The highest BCUT2D eigenvalue weighted by molar-refractivity contribution is 6.46. The number of rotatable bonds is 8. The monoisotopic (exact) mass is 432 g/mol. The largest absolute Gasteiger partial charge is 0.507 e. The van der Waals surface area contributed by atoms with Gasteiger partial charge in [0, 0.05) is 34.8 Å². The summed E-state index contributed by atoms with van der Waals surface area (Å²) in [4.78, 5) is 31.1. The Morgan fingerprint density at radius 3 is 2.69 bits per heavy atom. The first-order valence-electron chi connectivity index (χ1n) is 11.1. The molecule has 1 atom stereocenters. The number of benzene rings is 2. The van der Waals surface area contributed by atoms with Crippen LogP contribution in [0.1, 0.15) is 50.3 Å². The molecule has 0 aliphatic carbocycles. The van der Waals surface area contributed by atoms with Crippen LogP contribution in [0.3, 0.4) is 0 Å². The van der Waals surface area contributed by atoms with Gasteiger partial charge in [0.2, 0.25) is 0 Å². The van der Waals surface area contributed by atoms with Gasteiger partial charge in [0.1, 0.15) is 11.5 Å². The fraction of sp³-hybridized carbons (Fsp3) is 0.308. The highest BCUT2D eigenvalue weighted by Crippen LogP contribution is 2.42. The van der Waals surface area contributed by atoms with Crippen molar-refractivity contribution in [1.82, 2.24) is 9.88 Å². The van der Waals surface area contributed by atoms with E-state index in [0.29, 0.717) is 24.5 Å². The molecule has 2 aromatic carbocycles. The zero-order chi connectivity index (χ0) is 22.7. The number of para-hydroxylation sites is 1. The maximum absolute atomic E-state index is 13.2. The molecule has 0 bridgehead atoms. The molecule has 6 heteroatoms. The smallest absolute Gasteiger partial charge is 0.295 e. The summed E-state index contributed by atoms with van der Waals surface area (Å²) in [5.41, 5.74) is 2.29. The van der Waals surface area contributed by atoms with E-state index in [4.69, 9.17) is 4.74 Å². The van der Waals surface area contributed by atoms with E-state index in [1.807, 2.05) is 37.4 Å². The van der Waals surface area contributed by atoms with Gasteiger partial charge in [0.05, 0.1) is 18.2 Å². The normalized spacial score (nSPS) is 17.9. The Bertz CT molecular complexity index is 1180. The minimum atomic E-state index is -0.656. The number of aromatic nitrogens is 1. The third-order valence-corrected chi connectivity index (χ3v) is 5.88. The summed E-state index contributed by atoms with van der Waals surface area (Å²) in [5, 5.41) is 12.2. The molecule has 1 unspecified atom stereocenters. The third-order valence-electron chi connectivity index (χ3n) is 5.88. The van der Waals surface area contributed by atoms with E-state index in [1.54, 1.807) is 29.2 Å². The lowest BCUT2D eigenvalue weighted by Crippen LogP contribution is -2.30. The molecule has 1 aromatic heterocycles. The Hall–Kier alpha value is -3.54. The maximum Gasteiger partial charge on any atom is 0.295 e. The average molecular weight is 433 g/mol. The number of unbranched alkanes of at least 4 members (excludes halogenated alkanes) is 2. The zero-order valence-electron chi connectivity index (χ0n) is 18.4. The number of aromatic amines is 1. The topological polar surface area (TPSA) is 82.6 Å². The van der Waals surface area contributed by atoms with Crippen molar-refractivity contribution in [3.63, 3.8) is 0 Å². The highest BCUT2D eigenvalue weighted by Gasteiger charge is 2.46. The number of hydrogen-bond acceptors (Lipinski definition) is 4. The average Bonchev–Trinajstić information content (AvgIpc) is 3.33. The van der Waals surface area contributed by atoms with E-state index >= 15 is 0 Å². The minimum absolute atomic E-state index is 0.116. The van der Waals surface area contributed by atoms with Crippen molar-refractivity contribution in [2.75, 3.05) is 13.2 Å². The lowest BCUT2D eigenvalue weighted by atomic mass is 9.95. The van der Waals surface area contributed by atoms with Crippen LogP contribution in [0.15, 0.2) is 60.3 Å². The van der Waals surface area contributed by atoms with E-state index < -0.39 is 17.7 Å². The fourth-order valence-corrected chi connectivity index (χ4v) is 4.34. The van der Waals surface area contributed by atoms with Crippen molar-refractivity contribution in [3.05, 3.63) is 71.4 Å². The molecule has 1 aliphatic rings. The van der Waals surface area contributed by atoms with E-state index in [-0.39, 0.29) is 11.3 Å². The van der Waals surface area contributed by atoms with Crippen LogP contribution in [0.2, 0.25) is 0 Å². The molecule has 0 spiro atoms. The van der Waals surface area contributed by atoms with Crippen molar-refractivity contribution in [1.29, 1.82) is 0 Å². The van der Waals surface area contributed by atoms with Crippen molar-refractivity contribution in [3.8, 4) is 5.75 Å². The maximum atomic E-state index is 13.2. The second-order valence-electron chi connectivity index (χ2n) is 7.95. The van der Waals surface area contributed by atoms with Crippen molar-refractivity contribution in [2.45, 2.75) is 39.2 Å². The number of nitrogens with zero attached hydrogens (tertiary/aromatic N) is 1. The van der Waals surface area contributed by atoms with Crippen LogP contribution in [-0.4, -0.2) is 39.8 Å². The predicted octanol–water partition coefficient (Wildman–Crippen LogP) is 5.18. The van der Waals surface area contributed by atoms with Crippen LogP contribution >= 0.6 is 0 Å². The number of amides is 1. The molecule has 4 rings (SSSR count). The summed E-state index contributed by atoms with van der Waals surface area (Å²) >= 11 is 0. The standard InChI is InChI=1S/C26H28N2O4/c1-3-5-8-14-28-23(20-16-27-21-13-7-6-12-19(20)21)22(25(30)26(28)31)24(29)17-10-9-11-18(15-17)32-4-2/h6-7,9-13,15-16,23,27,29H,3-5,8,14H2,1-2H3/b24-22+. The molecule has 0 radical (unpaired) electrons. The number of aliphatic hydroxyl groups excluding tert-OH is 1. The number of hydrogen-bond donors (Lipinski definition) is 2. The molecule has 3 aromatic rings. The number of carbonyl (C=O) groups is 2. The van der Waals surface area contributed by atoms with Gasteiger partial charge < -0.3 is 19.7 Å². The Kier molecular flexibility index (Phi) is 6.30. The van der Waals surface area contributed by atoms with Gasteiger partial charge in [-0.3, -0.25) is 9.59 Å². The quantitative estimate of drug-likeness (QED) is 0.222. The van der Waals surface area contributed by atoms with Crippen LogP contribution in [-0.2, 0) is 9.59 Å². The number of likely N-dealkylation sites (tertiary alicyclic amines) is 1. The highest BCUT2D eigenvalue weighted by atomic mass is 16.5. The van der Waals surface area contributed by atoms with Gasteiger partial charge in [-0.05, 0) is 31.5 Å². The fourth-order valence-electron chi connectivity index (χ4n) is 4.34. The number of ketones is 1. The molecular weight excluding hydrogens is 404 g/mol. The summed E-state index contributed by atoms with van der Waals surface area (Å²) in [6.07, 6.45) is 4.59. The third kappa shape index (κ3) is 3.88. The van der Waals surface area contributed by atoms with Gasteiger partial charge in [0.15, 0.2) is 0 Å². The Morgan fingerprint density at radius 2 is 1.91 bits per heavy atom. The van der Waals surface area contributed by atoms with E-state index in [1.165, 1.54) is 0 Å². The van der Waals surface area contributed by atoms with E-state index in [0.717, 1.165) is 35.7 Å². The number of fused-ring (bicyclic) bond motifs is 1. The number of Topliss-reactive ketones (excluding diaryl/α,β-unsaturated/α-hetero) is 1. The van der Waals surface area contributed by atoms with Crippen LogP contribution in [0, 0.1) is 0 Å². The summed E-state index contributed by atoms with van der Waals surface area (Å²) in [7, 11) is 0. The molecule has 2 heterocycles. The molecule has 1 aliphatic heterocycles. The van der Waals surface area contributed by atoms with Crippen LogP contribution < -0.4 is 4.74 Å². The summed E-state index contributed by atoms with van der Waals surface area (Å²) in [6, 6.07) is 14.1. The summed E-state index contributed by atoms with van der Waals surface area (Å²) < 4.78 is 5.55.